The molecule has 0 saturated carbocycles. The minimum absolute atomic E-state index is 0.243. The standard InChI is InChI=1S/C7H12O2/c1-6(8)4-3-5-7(2)9/h3-6,8-9H,1-2H3/b4-3-,7-5+. The quantitative estimate of drug-likeness (QED) is 0.435. The number of hydrogen-bond donors (Lipinski definition) is 2. The molecular formula is C7H12O2. The van der Waals surface area contributed by atoms with Crippen LogP contribution in [0.3, 0.4) is 0 Å². The van der Waals surface area contributed by atoms with Gasteiger partial charge in [-0.25, -0.2) is 0 Å². The zero-order valence-electron chi connectivity index (χ0n) is 5.70. The Kier molecular flexibility index (Phi) is 3.80. The van der Waals surface area contributed by atoms with Gasteiger partial charge in [-0.05, 0) is 19.9 Å². The first kappa shape index (κ1) is 8.24. The fraction of sp³-hybridized carbons (Fsp3) is 0.429. The maximum atomic E-state index is 8.67. The Hall–Kier alpha value is -0.760. The van der Waals surface area contributed by atoms with E-state index < -0.39 is 6.10 Å². The smallest absolute Gasteiger partial charge is 0.0891 e. The fourth-order valence-electron chi connectivity index (χ4n) is 0.356. The second kappa shape index (κ2) is 4.15. The minimum atomic E-state index is -0.444. The summed E-state index contributed by atoms with van der Waals surface area (Å²) in [5, 5.41) is 17.3. The number of allylic oxidation sites excluding steroid dienone is 3. The van der Waals surface area contributed by atoms with Crippen LogP contribution in [0.4, 0.5) is 0 Å². The summed E-state index contributed by atoms with van der Waals surface area (Å²) in [5.41, 5.74) is 0. The molecule has 0 heterocycles. The molecule has 0 aromatic carbocycles. The Labute approximate surface area is 55.1 Å². The van der Waals surface area contributed by atoms with Gasteiger partial charge in [0.05, 0.1) is 11.9 Å². The topological polar surface area (TPSA) is 40.5 Å². The first-order valence-electron chi connectivity index (χ1n) is 2.85. The van der Waals surface area contributed by atoms with Crippen molar-refractivity contribution in [3.8, 4) is 0 Å². The van der Waals surface area contributed by atoms with E-state index in [1.807, 2.05) is 0 Å². The van der Waals surface area contributed by atoms with Crippen LogP contribution < -0.4 is 0 Å². The third kappa shape index (κ3) is 7.24. The van der Waals surface area contributed by atoms with Crippen LogP contribution in [-0.4, -0.2) is 16.3 Å². The van der Waals surface area contributed by atoms with E-state index in [-0.39, 0.29) is 5.76 Å². The van der Waals surface area contributed by atoms with E-state index in [0.29, 0.717) is 0 Å². The first-order valence-corrected chi connectivity index (χ1v) is 2.85. The Bertz CT molecular complexity index is 119. The molecule has 0 saturated heterocycles. The highest BCUT2D eigenvalue weighted by Crippen LogP contribution is 1.87. The van der Waals surface area contributed by atoms with Crippen LogP contribution in [0.15, 0.2) is 24.0 Å². The summed E-state index contributed by atoms with van der Waals surface area (Å²) in [4.78, 5) is 0. The molecule has 1 atom stereocenters. The van der Waals surface area contributed by atoms with Crippen molar-refractivity contribution >= 4 is 0 Å². The van der Waals surface area contributed by atoms with E-state index in [9.17, 15) is 0 Å². The molecular weight excluding hydrogens is 116 g/mol. The average Bonchev–Trinajstić information content (AvgIpc) is 1.63. The van der Waals surface area contributed by atoms with Crippen LogP contribution in [0, 0.1) is 0 Å². The van der Waals surface area contributed by atoms with Crippen molar-refractivity contribution in [3.63, 3.8) is 0 Å². The summed E-state index contributed by atoms with van der Waals surface area (Å²) in [6.07, 6.45) is 4.27. The summed E-state index contributed by atoms with van der Waals surface area (Å²) < 4.78 is 0. The third-order valence-corrected chi connectivity index (χ3v) is 0.727. The maximum Gasteiger partial charge on any atom is 0.0891 e. The number of aliphatic hydroxyl groups excluding tert-OH is 2. The monoisotopic (exact) mass is 128 g/mol. The molecule has 0 aliphatic carbocycles. The Morgan fingerprint density at radius 2 is 2.11 bits per heavy atom. The molecule has 2 heteroatoms. The van der Waals surface area contributed by atoms with Gasteiger partial charge in [-0.15, -0.1) is 0 Å². The van der Waals surface area contributed by atoms with Gasteiger partial charge in [0.25, 0.3) is 0 Å². The molecule has 0 bridgehead atoms. The molecule has 0 aliphatic rings. The highest BCUT2D eigenvalue weighted by molar-refractivity contribution is 5.06. The number of rotatable bonds is 2. The highest BCUT2D eigenvalue weighted by Gasteiger charge is 1.81. The van der Waals surface area contributed by atoms with E-state index >= 15 is 0 Å². The lowest BCUT2D eigenvalue weighted by Crippen LogP contribution is -1.90. The maximum absolute atomic E-state index is 8.67. The fourth-order valence-corrected chi connectivity index (χ4v) is 0.356. The van der Waals surface area contributed by atoms with Gasteiger partial charge in [0.2, 0.25) is 0 Å². The van der Waals surface area contributed by atoms with E-state index in [2.05, 4.69) is 0 Å². The van der Waals surface area contributed by atoms with Crippen molar-refractivity contribution in [1.82, 2.24) is 0 Å². The zero-order chi connectivity index (χ0) is 7.28. The van der Waals surface area contributed by atoms with E-state index in [4.69, 9.17) is 10.2 Å². The lowest BCUT2D eigenvalue weighted by molar-refractivity contribution is 0.244. The van der Waals surface area contributed by atoms with Crippen molar-refractivity contribution in [3.05, 3.63) is 24.0 Å². The molecule has 0 rings (SSSR count). The molecule has 52 valence electrons. The van der Waals surface area contributed by atoms with Crippen LogP contribution in [0.25, 0.3) is 0 Å². The molecule has 2 N–H and O–H groups in total. The average molecular weight is 128 g/mol. The lowest BCUT2D eigenvalue weighted by Gasteiger charge is -1.89. The van der Waals surface area contributed by atoms with Gasteiger partial charge in [0.15, 0.2) is 0 Å². The number of hydrogen-bond acceptors (Lipinski definition) is 2. The van der Waals surface area contributed by atoms with Gasteiger partial charge in [-0.3, -0.25) is 0 Å². The molecule has 2 nitrogen and oxygen atoms in total. The van der Waals surface area contributed by atoms with Crippen molar-refractivity contribution in [2.24, 2.45) is 0 Å². The van der Waals surface area contributed by atoms with Gasteiger partial charge in [0.1, 0.15) is 0 Å². The normalized spacial score (nSPS) is 16.6. The van der Waals surface area contributed by atoms with Gasteiger partial charge in [0, 0.05) is 0 Å². The van der Waals surface area contributed by atoms with Crippen molar-refractivity contribution in [2.45, 2.75) is 20.0 Å². The second-order valence-electron chi connectivity index (χ2n) is 1.93. The Balaban J connectivity index is 3.60. The molecule has 9 heavy (non-hydrogen) atoms. The van der Waals surface area contributed by atoms with Gasteiger partial charge in [-0.1, -0.05) is 12.2 Å². The van der Waals surface area contributed by atoms with E-state index in [1.54, 1.807) is 26.0 Å². The van der Waals surface area contributed by atoms with Crippen LogP contribution in [0.2, 0.25) is 0 Å². The van der Waals surface area contributed by atoms with Crippen LogP contribution in [0.1, 0.15) is 13.8 Å². The molecule has 0 fully saturated rings. The molecule has 0 radical (unpaired) electrons. The van der Waals surface area contributed by atoms with Crippen molar-refractivity contribution in [2.75, 3.05) is 0 Å². The molecule has 0 spiro atoms. The Morgan fingerprint density at radius 1 is 1.56 bits per heavy atom. The zero-order valence-corrected chi connectivity index (χ0v) is 5.70. The Morgan fingerprint density at radius 3 is 2.44 bits per heavy atom. The predicted molar refractivity (Wildman–Crippen MR) is 37.2 cm³/mol. The lowest BCUT2D eigenvalue weighted by atomic mass is 10.3. The number of aliphatic hydroxyl groups is 2. The molecule has 0 aliphatic heterocycles. The van der Waals surface area contributed by atoms with Crippen molar-refractivity contribution in [1.29, 1.82) is 0 Å². The third-order valence-electron chi connectivity index (χ3n) is 0.727. The molecule has 0 aromatic rings. The second-order valence-corrected chi connectivity index (χ2v) is 1.93. The SMILES string of the molecule is C/C(O)=C\C=C/C(C)O. The largest absolute Gasteiger partial charge is 0.513 e. The van der Waals surface area contributed by atoms with Crippen LogP contribution >= 0.6 is 0 Å². The molecule has 0 aromatic heterocycles. The summed E-state index contributed by atoms with van der Waals surface area (Å²) >= 11 is 0. The summed E-state index contributed by atoms with van der Waals surface area (Å²) in [5.74, 6) is 0.243. The minimum Gasteiger partial charge on any atom is -0.513 e. The van der Waals surface area contributed by atoms with Crippen LogP contribution in [-0.2, 0) is 0 Å². The van der Waals surface area contributed by atoms with Gasteiger partial charge in [-0.2, -0.15) is 0 Å². The van der Waals surface area contributed by atoms with Crippen molar-refractivity contribution < 1.29 is 10.2 Å². The summed E-state index contributed by atoms with van der Waals surface area (Å²) in [6, 6.07) is 0. The summed E-state index contributed by atoms with van der Waals surface area (Å²) in [6.45, 7) is 3.23. The first-order chi connectivity index (χ1) is 4.13. The van der Waals surface area contributed by atoms with Crippen LogP contribution in [0.5, 0.6) is 0 Å². The van der Waals surface area contributed by atoms with Gasteiger partial charge >= 0.3 is 0 Å². The summed E-state index contributed by atoms with van der Waals surface area (Å²) in [7, 11) is 0. The highest BCUT2D eigenvalue weighted by atomic mass is 16.3. The van der Waals surface area contributed by atoms with E-state index in [1.165, 1.54) is 6.08 Å². The predicted octanol–water partition coefficient (Wildman–Crippen LogP) is 1.39. The molecule has 1 unspecified atom stereocenters. The van der Waals surface area contributed by atoms with Gasteiger partial charge < -0.3 is 10.2 Å². The molecule has 0 amide bonds. The van der Waals surface area contributed by atoms with E-state index in [0.717, 1.165) is 0 Å².